The maximum Gasteiger partial charge on any atom is 0.0408 e. The number of benzene rings is 1. The number of hydrogen-bond acceptors (Lipinski definition) is 2. The maximum atomic E-state index is 6.08. The maximum absolute atomic E-state index is 6.08. The van der Waals surface area contributed by atoms with Crippen LogP contribution in [-0.2, 0) is 0 Å². The summed E-state index contributed by atoms with van der Waals surface area (Å²) in [6, 6.07) is 10.3. The molecule has 0 amide bonds. The van der Waals surface area contributed by atoms with Crippen LogP contribution in [-0.4, -0.2) is 23.1 Å². The van der Waals surface area contributed by atoms with E-state index in [-0.39, 0.29) is 0 Å². The van der Waals surface area contributed by atoms with Crippen LogP contribution in [0, 0.1) is 0 Å². The van der Waals surface area contributed by atoms with Crippen molar-refractivity contribution in [3.05, 3.63) is 34.9 Å². The van der Waals surface area contributed by atoms with Gasteiger partial charge in [0.25, 0.3) is 0 Å². The first-order valence-corrected chi connectivity index (χ1v) is 8.31. The fraction of sp³-hybridized carbons (Fsp3) is 0.647. The topological polar surface area (TPSA) is 15.3 Å². The highest BCUT2D eigenvalue weighted by molar-refractivity contribution is 6.30. The largest absolute Gasteiger partial charge is 0.252 e. The number of hydrazine groups is 1. The van der Waals surface area contributed by atoms with Gasteiger partial charge in [-0.15, -0.1) is 0 Å². The van der Waals surface area contributed by atoms with Crippen molar-refractivity contribution in [1.82, 2.24) is 10.4 Å². The van der Waals surface area contributed by atoms with Crippen LogP contribution in [0.4, 0.5) is 0 Å². The lowest BCUT2D eigenvalue weighted by Crippen LogP contribution is -2.57. The summed E-state index contributed by atoms with van der Waals surface area (Å²) in [7, 11) is 0. The Balaban J connectivity index is 1.53. The molecule has 110 valence electrons. The second-order valence-corrected chi connectivity index (χ2v) is 7.02. The molecular formula is C17H25ClN2. The van der Waals surface area contributed by atoms with Gasteiger partial charge in [-0.25, -0.2) is 5.01 Å². The summed E-state index contributed by atoms with van der Waals surface area (Å²) in [5, 5.41) is 3.36. The molecule has 1 saturated carbocycles. The zero-order valence-corrected chi connectivity index (χ0v) is 13.2. The Morgan fingerprint density at radius 1 is 1.15 bits per heavy atom. The van der Waals surface area contributed by atoms with Gasteiger partial charge in [-0.1, -0.05) is 30.2 Å². The molecule has 2 nitrogen and oxygen atoms in total. The lowest BCUT2D eigenvalue weighted by Gasteiger charge is -2.46. The van der Waals surface area contributed by atoms with Gasteiger partial charge in [0.2, 0.25) is 0 Å². The fourth-order valence-corrected chi connectivity index (χ4v) is 3.84. The highest BCUT2D eigenvalue weighted by Crippen LogP contribution is 2.38. The van der Waals surface area contributed by atoms with Crippen molar-refractivity contribution in [3.8, 4) is 0 Å². The summed E-state index contributed by atoms with van der Waals surface area (Å²) in [5.74, 6) is 0.682. The van der Waals surface area contributed by atoms with E-state index in [1.54, 1.807) is 0 Å². The number of piperidine rings is 1. The quantitative estimate of drug-likeness (QED) is 0.891. The normalized spacial score (nSPS) is 34.8. The molecule has 0 bridgehead atoms. The van der Waals surface area contributed by atoms with Crippen LogP contribution in [0.2, 0.25) is 5.02 Å². The van der Waals surface area contributed by atoms with Gasteiger partial charge in [0, 0.05) is 23.1 Å². The molecule has 1 N–H and O–H groups in total. The molecule has 2 fully saturated rings. The molecule has 20 heavy (non-hydrogen) atoms. The number of rotatable bonds is 3. The highest BCUT2D eigenvalue weighted by Gasteiger charge is 2.34. The number of hydrogen-bond donors (Lipinski definition) is 1. The molecule has 1 heterocycles. The molecule has 3 heteroatoms. The van der Waals surface area contributed by atoms with E-state index in [2.05, 4.69) is 42.5 Å². The number of halogens is 1. The van der Waals surface area contributed by atoms with Gasteiger partial charge in [-0.2, -0.15) is 0 Å². The molecule has 0 aromatic heterocycles. The van der Waals surface area contributed by atoms with Crippen LogP contribution < -0.4 is 5.43 Å². The molecule has 2 unspecified atom stereocenters. The third-order valence-electron chi connectivity index (χ3n) is 4.98. The van der Waals surface area contributed by atoms with Crippen LogP contribution in [0.15, 0.2) is 24.3 Å². The molecule has 1 aliphatic carbocycles. The summed E-state index contributed by atoms with van der Waals surface area (Å²) in [6.45, 7) is 4.69. The van der Waals surface area contributed by atoms with Gasteiger partial charge >= 0.3 is 0 Å². The average molecular weight is 293 g/mol. The molecule has 0 radical (unpaired) electrons. The van der Waals surface area contributed by atoms with Gasteiger partial charge in [0.05, 0.1) is 0 Å². The third-order valence-corrected chi connectivity index (χ3v) is 5.22. The highest BCUT2D eigenvalue weighted by atomic mass is 35.5. The Bertz CT molecular complexity index is 446. The third kappa shape index (κ3) is 3.03. The molecule has 1 aromatic rings. The molecule has 2 aliphatic rings. The molecule has 2 atom stereocenters. The fourth-order valence-electron chi connectivity index (χ4n) is 3.64. The molecule has 1 aliphatic heterocycles. The van der Waals surface area contributed by atoms with E-state index < -0.39 is 0 Å². The summed E-state index contributed by atoms with van der Waals surface area (Å²) >= 11 is 6.08. The van der Waals surface area contributed by atoms with E-state index >= 15 is 0 Å². The van der Waals surface area contributed by atoms with E-state index in [0.29, 0.717) is 24.0 Å². The predicted molar refractivity (Wildman–Crippen MR) is 85.0 cm³/mol. The van der Waals surface area contributed by atoms with E-state index in [4.69, 9.17) is 11.6 Å². The van der Waals surface area contributed by atoms with Crippen molar-refractivity contribution in [1.29, 1.82) is 0 Å². The lowest BCUT2D eigenvalue weighted by molar-refractivity contribution is 0.0107. The van der Waals surface area contributed by atoms with E-state index in [1.165, 1.54) is 37.7 Å². The van der Waals surface area contributed by atoms with Crippen molar-refractivity contribution < 1.29 is 0 Å². The Morgan fingerprint density at radius 3 is 2.50 bits per heavy atom. The Kier molecular flexibility index (Phi) is 4.34. The lowest BCUT2D eigenvalue weighted by atomic mass is 9.76. The van der Waals surface area contributed by atoms with Crippen LogP contribution in [0.3, 0.4) is 0 Å². The molecular weight excluding hydrogens is 268 g/mol. The molecule has 1 saturated heterocycles. The number of nitrogens with one attached hydrogen (secondary N) is 1. The van der Waals surface area contributed by atoms with Gasteiger partial charge in [0.1, 0.15) is 0 Å². The molecule has 1 aromatic carbocycles. The minimum atomic E-state index is 0.641. The van der Waals surface area contributed by atoms with E-state index in [0.717, 1.165) is 5.02 Å². The van der Waals surface area contributed by atoms with Crippen LogP contribution in [0.5, 0.6) is 0 Å². The van der Waals surface area contributed by atoms with Crippen molar-refractivity contribution in [2.45, 2.75) is 70.0 Å². The van der Waals surface area contributed by atoms with Crippen molar-refractivity contribution in [2.24, 2.45) is 0 Å². The smallest absolute Gasteiger partial charge is 0.0408 e. The minimum Gasteiger partial charge on any atom is -0.252 e. The van der Waals surface area contributed by atoms with Gasteiger partial charge < -0.3 is 0 Å². The first kappa shape index (κ1) is 14.4. The van der Waals surface area contributed by atoms with Crippen molar-refractivity contribution in [2.75, 3.05) is 0 Å². The SMILES string of the molecule is CC1CCCC(C)N1NC1CC(c2cccc(Cl)c2)C1. The van der Waals surface area contributed by atoms with Gasteiger partial charge in [-0.05, 0) is 63.1 Å². The van der Waals surface area contributed by atoms with Gasteiger partial charge in [-0.3, -0.25) is 5.43 Å². The second-order valence-electron chi connectivity index (χ2n) is 6.59. The summed E-state index contributed by atoms with van der Waals surface area (Å²) in [6.07, 6.45) is 6.48. The summed E-state index contributed by atoms with van der Waals surface area (Å²) < 4.78 is 0. The Morgan fingerprint density at radius 2 is 1.85 bits per heavy atom. The molecule has 3 rings (SSSR count). The van der Waals surface area contributed by atoms with Crippen molar-refractivity contribution in [3.63, 3.8) is 0 Å². The van der Waals surface area contributed by atoms with Crippen LogP contribution in [0.25, 0.3) is 0 Å². The Hall–Kier alpha value is -0.570. The van der Waals surface area contributed by atoms with Gasteiger partial charge in [0.15, 0.2) is 0 Å². The first-order chi connectivity index (χ1) is 9.63. The average Bonchev–Trinajstić information content (AvgIpc) is 2.36. The number of nitrogens with zero attached hydrogens (tertiary/aromatic N) is 1. The van der Waals surface area contributed by atoms with E-state index in [9.17, 15) is 0 Å². The zero-order chi connectivity index (χ0) is 14.1. The zero-order valence-electron chi connectivity index (χ0n) is 12.5. The molecule has 0 spiro atoms. The first-order valence-electron chi connectivity index (χ1n) is 7.93. The minimum absolute atomic E-state index is 0.641. The van der Waals surface area contributed by atoms with Crippen molar-refractivity contribution >= 4 is 11.6 Å². The Labute approximate surface area is 127 Å². The predicted octanol–water partition coefficient (Wildman–Crippen LogP) is 4.35. The second kappa shape index (κ2) is 6.05. The van der Waals surface area contributed by atoms with Crippen LogP contribution in [0.1, 0.15) is 57.4 Å². The van der Waals surface area contributed by atoms with E-state index in [1.807, 2.05) is 6.07 Å². The standard InChI is InChI=1S/C17H25ClN2/c1-12-5-3-6-13(2)20(12)19-17-10-15(11-17)14-7-4-8-16(18)9-14/h4,7-9,12-13,15,17,19H,3,5-6,10-11H2,1-2H3. The summed E-state index contributed by atoms with van der Waals surface area (Å²) in [5.41, 5.74) is 5.17. The monoisotopic (exact) mass is 292 g/mol. The summed E-state index contributed by atoms with van der Waals surface area (Å²) in [4.78, 5) is 0. The van der Waals surface area contributed by atoms with Crippen LogP contribution >= 0.6 is 11.6 Å².